The van der Waals surface area contributed by atoms with Gasteiger partial charge in [-0.1, -0.05) is 23.8 Å². The maximum atomic E-state index is 7.74. The topological polar surface area (TPSA) is 23.9 Å². The minimum Gasteiger partial charge on any atom is -0.305 e. The number of fused-ring (bicyclic) bond motifs is 1. The first-order valence-corrected chi connectivity index (χ1v) is 4.45. The number of aryl methyl sites for hydroxylation is 2. The highest BCUT2D eigenvalue weighted by atomic mass is 14.4. The van der Waals surface area contributed by atoms with E-state index in [1.165, 1.54) is 16.7 Å². The molecule has 1 heteroatoms. The number of benzene rings is 1. The van der Waals surface area contributed by atoms with Gasteiger partial charge < -0.3 is 5.41 Å². The van der Waals surface area contributed by atoms with Crippen LogP contribution in [0, 0.1) is 12.3 Å². The Morgan fingerprint density at radius 3 is 2.92 bits per heavy atom. The molecule has 0 unspecified atom stereocenters. The van der Waals surface area contributed by atoms with E-state index in [0.717, 1.165) is 25.0 Å². The van der Waals surface area contributed by atoms with Crippen LogP contribution in [0.3, 0.4) is 0 Å². The van der Waals surface area contributed by atoms with Crippen molar-refractivity contribution < 1.29 is 0 Å². The van der Waals surface area contributed by atoms with Crippen LogP contribution < -0.4 is 0 Å². The summed E-state index contributed by atoms with van der Waals surface area (Å²) in [4.78, 5) is 0. The van der Waals surface area contributed by atoms with Crippen molar-refractivity contribution in [2.75, 3.05) is 0 Å². The zero-order chi connectivity index (χ0) is 8.55. The van der Waals surface area contributed by atoms with Crippen molar-refractivity contribution in [3.8, 4) is 0 Å². The van der Waals surface area contributed by atoms with Gasteiger partial charge in [-0.15, -0.1) is 0 Å². The van der Waals surface area contributed by atoms with Crippen molar-refractivity contribution in [1.82, 2.24) is 0 Å². The van der Waals surface area contributed by atoms with Crippen molar-refractivity contribution in [1.29, 1.82) is 5.41 Å². The molecule has 0 bridgehead atoms. The molecule has 0 saturated carbocycles. The summed E-state index contributed by atoms with van der Waals surface area (Å²) in [5.74, 6) is 0. The highest BCUT2D eigenvalue weighted by Crippen LogP contribution is 2.21. The van der Waals surface area contributed by atoms with Crippen LogP contribution in [-0.4, -0.2) is 5.71 Å². The van der Waals surface area contributed by atoms with Crippen LogP contribution in [0.1, 0.15) is 29.5 Å². The lowest BCUT2D eigenvalue weighted by Gasteiger charge is -2.16. The Balaban J connectivity index is 2.53. The number of rotatable bonds is 0. The molecule has 1 aliphatic carbocycles. The molecule has 1 N–H and O–H groups in total. The lowest BCUT2D eigenvalue weighted by Crippen LogP contribution is -2.10. The molecule has 0 heterocycles. The van der Waals surface area contributed by atoms with Crippen LogP contribution in [0.2, 0.25) is 0 Å². The first-order chi connectivity index (χ1) is 5.77. The maximum absolute atomic E-state index is 7.74. The van der Waals surface area contributed by atoms with E-state index < -0.39 is 0 Å². The first kappa shape index (κ1) is 7.53. The summed E-state index contributed by atoms with van der Waals surface area (Å²) in [5.41, 5.74) is 4.66. The van der Waals surface area contributed by atoms with E-state index in [1.54, 1.807) is 0 Å². The summed E-state index contributed by atoms with van der Waals surface area (Å²) in [6.45, 7) is 2.11. The van der Waals surface area contributed by atoms with Crippen LogP contribution in [0.4, 0.5) is 0 Å². The third kappa shape index (κ3) is 1.15. The molecule has 1 nitrogen and oxygen atoms in total. The van der Waals surface area contributed by atoms with Crippen molar-refractivity contribution in [3.05, 3.63) is 34.9 Å². The largest absolute Gasteiger partial charge is 0.305 e. The average Bonchev–Trinajstić information content (AvgIpc) is 2.04. The third-order valence-corrected chi connectivity index (χ3v) is 2.46. The Labute approximate surface area is 72.9 Å². The minimum atomic E-state index is 0.816. The number of nitrogens with one attached hydrogen (secondary N) is 1. The van der Waals surface area contributed by atoms with Gasteiger partial charge in [-0.2, -0.15) is 0 Å². The fourth-order valence-electron chi connectivity index (χ4n) is 1.81. The van der Waals surface area contributed by atoms with Gasteiger partial charge in [-0.25, -0.2) is 0 Å². The normalized spacial score (nSPS) is 15.9. The van der Waals surface area contributed by atoms with Crippen LogP contribution in [0.25, 0.3) is 0 Å². The molecule has 0 amide bonds. The van der Waals surface area contributed by atoms with Gasteiger partial charge in [-0.3, -0.25) is 0 Å². The first-order valence-electron chi connectivity index (χ1n) is 4.45. The molecular formula is C11H13N. The molecule has 12 heavy (non-hydrogen) atoms. The van der Waals surface area contributed by atoms with Gasteiger partial charge in [0, 0.05) is 5.71 Å². The summed E-state index contributed by atoms with van der Waals surface area (Å²) in [7, 11) is 0. The second kappa shape index (κ2) is 2.74. The van der Waals surface area contributed by atoms with Crippen molar-refractivity contribution in [2.24, 2.45) is 0 Å². The molecule has 0 fully saturated rings. The highest BCUT2D eigenvalue weighted by molar-refractivity contribution is 6.00. The predicted octanol–water partition coefficient (Wildman–Crippen LogP) is 2.70. The second-order valence-corrected chi connectivity index (χ2v) is 3.49. The van der Waals surface area contributed by atoms with E-state index in [0.29, 0.717) is 0 Å². The average molecular weight is 159 g/mol. The van der Waals surface area contributed by atoms with Gasteiger partial charge in [0.25, 0.3) is 0 Å². The lowest BCUT2D eigenvalue weighted by atomic mass is 9.89. The monoisotopic (exact) mass is 159 g/mol. The van der Waals surface area contributed by atoms with E-state index in [1.807, 2.05) is 0 Å². The van der Waals surface area contributed by atoms with E-state index in [-0.39, 0.29) is 0 Å². The molecule has 0 atom stereocenters. The van der Waals surface area contributed by atoms with Gasteiger partial charge >= 0.3 is 0 Å². The Hall–Kier alpha value is -1.11. The van der Waals surface area contributed by atoms with Crippen molar-refractivity contribution in [2.45, 2.75) is 26.2 Å². The highest BCUT2D eigenvalue weighted by Gasteiger charge is 2.12. The predicted molar refractivity (Wildman–Crippen MR) is 50.9 cm³/mol. The van der Waals surface area contributed by atoms with Crippen molar-refractivity contribution in [3.63, 3.8) is 0 Å². The Kier molecular flexibility index (Phi) is 1.72. The van der Waals surface area contributed by atoms with Gasteiger partial charge in [0.2, 0.25) is 0 Å². The summed E-state index contributed by atoms with van der Waals surface area (Å²) in [6, 6.07) is 6.40. The molecule has 0 radical (unpaired) electrons. The Bertz CT molecular complexity index is 326. The van der Waals surface area contributed by atoms with Gasteiger partial charge in [0.15, 0.2) is 0 Å². The summed E-state index contributed by atoms with van der Waals surface area (Å²) >= 11 is 0. The second-order valence-electron chi connectivity index (χ2n) is 3.49. The molecule has 1 aromatic carbocycles. The SMILES string of the molecule is Cc1ccc2c(c1)CCCC2=N. The molecule has 0 aliphatic heterocycles. The summed E-state index contributed by atoms with van der Waals surface area (Å²) in [6.07, 6.45) is 3.25. The zero-order valence-electron chi connectivity index (χ0n) is 7.35. The standard InChI is InChI=1S/C11H13N/c1-8-5-6-10-9(7-8)3-2-4-11(10)12/h5-7,12H,2-4H2,1H3. The number of hydrogen-bond donors (Lipinski definition) is 1. The Morgan fingerprint density at radius 2 is 2.08 bits per heavy atom. The maximum Gasteiger partial charge on any atom is 0.0389 e. The van der Waals surface area contributed by atoms with Crippen LogP contribution in [0.5, 0.6) is 0 Å². The summed E-state index contributed by atoms with van der Waals surface area (Å²) < 4.78 is 0. The van der Waals surface area contributed by atoms with Crippen LogP contribution >= 0.6 is 0 Å². The molecule has 62 valence electrons. The molecule has 1 aromatic rings. The molecule has 0 aromatic heterocycles. The van der Waals surface area contributed by atoms with E-state index >= 15 is 0 Å². The quantitative estimate of drug-likeness (QED) is 0.602. The van der Waals surface area contributed by atoms with E-state index in [2.05, 4.69) is 25.1 Å². The fraction of sp³-hybridized carbons (Fsp3) is 0.364. The smallest absolute Gasteiger partial charge is 0.0389 e. The van der Waals surface area contributed by atoms with Gasteiger partial charge in [-0.05, 0) is 37.3 Å². The molecule has 1 aliphatic rings. The van der Waals surface area contributed by atoms with E-state index in [9.17, 15) is 0 Å². The molecule has 0 spiro atoms. The molecule has 2 rings (SSSR count). The van der Waals surface area contributed by atoms with Gasteiger partial charge in [0.1, 0.15) is 0 Å². The van der Waals surface area contributed by atoms with Crippen LogP contribution in [-0.2, 0) is 6.42 Å². The Morgan fingerprint density at radius 1 is 1.25 bits per heavy atom. The lowest BCUT2D eigenvalue weighted by molar-refractivity contribution is 0.834. The van der Waals surface area contributed by atoms with Gasteiger partial charge in [0.05, 0.1) is 0 Å². The van der Waals surface area contributed by atoms with Crippen molar-refractivity contribution >= 4 is 5.71 Å². The van der Waals surface area contributed by atoms with E-state index in [4.69, 9.17) is 5.41 Å². The zero-order valence-corrected chi connectivity index (χ0v) is 7.35. The number of hydrogen-bond acceptors (Lipinski definition) is 1. The fourth-order valence-corrected chi connectivity index (χ4v) is 1.81. The minimum absolute atomic E-state index is 0.816. The summed E-state index contributed by atoms with van der Waals surface area (Å²) in [5, 5.41) is 7.74. The third-order valence-electron chi connectivity index (χ3n) is 2.46. The van der Waals surface area contributed by atoms with Crippen LogP contribution in [0.15, 0.2) is 18.2 Å². The molecular weight excluding hydrogens is 146 g/mol. The molecule has 0 saturated heterocycles.